The van der Waals surface area contributed by atoms with Gasteiger partial charge >= 0.3 is 0 Å². The highest BCUT2D eigenvalue weighted by atomic mass is 32.2. The molecular formula is C13H19FN2O3S. The van der Waals surface area contributed by atoms with Crippen LogP contribution in [0.25, 0.3) is 0 Å². The number of rotatable bonds is 3. The second-order valence-electron chi connectivity index (χ2n) is 5.17. The zero-order valence-electron chi connectivity index (χ0n) is 11.3. The smallest absolute Gasteiger partial charge is 0.243 e. The number of nitrogens with two attached hydrogens (primary N) is 1. The summed E-state index contributed by atoms with van der Waals surface area (Å²) in [6.07, 6.45) is 1.49. The Morgan fingerprint density at radius 2 is 2.20 bits per heavy atom. The first kappa shape index (κ1) is 15.2. The lowest BCUT2D eigenvalue weighted by molar-refractivity contribution is 0.165. The summed E-state index contributed by atoms with van der Waals surface area (Å²) < 4.78 is 39.9. The van der Waals surface area contributed by atoms with Crippen molar-refractivity contribution in [2.75, 3.05) is 25.4 Å². The molecule has 0 aromatic heterocycles. The zero-order valence-corrected chi connectivity index (χ0v) is 12.2. The van der Waals surface area contributed by atoms with Crippen molar-refractivity contribution in [1.82, 2.24) is 4.31 Å². The molecule has 0 aliphatic carbocycles. The minimum atomic E-state index is -3.76. The van der Waals surface area contributed by atoms with Crippen LogP contribution in [0.15, 0.2) is 17.0 Å². The molecule has 2 rings (SSSR count). The van der Waals surface area contributed by atoms with Crippen molar-refractivity contribution < 1.29 is 17.9 Å². The van der Waals surface area contributed by atoms with Crippen molar-refractivity contribution in [3.63, 3.8) is 0 Å². The van der Waals surface area contributed by atoms with E-state index in [0.717, 1.165) is 12.5 Å². The van der Waals surface area contributed by atoms with Gasteiger partial charge in [0.25, 0.3) is 0 Å². The molecule has 1 aromatic rings. The number of aliphatic hydroxyl groups excluding tert-OH is 1. The summed E-state index contributed by atoms with van der Waals surface area (Å²) in [7, 11) is -3.76. The van der Waals surface area contributed by atoms with Gasteiger partial charge < -0.3 is 10.8 Å². The Morgan fingerprint density at radius 1 is 1.50 bits per heavy atom. The molecule has 20 heavy (non-hydrogen) atoms. The van der Waals surface area contributed by atoms with Gasteiger partial charge in [-0.2, -0.15) is 4.31 Å². The SMILES string of the molecule is Cc1c(N)cc(S(=O)(=O)N2CCCC(CO)C2)cc1F. The van der Waals surface area contributed by atoms with Crippen LogP contribution in [0.2, 0.25) is 0 Å². The highest BCUT2D eigenvalue weighted by Gasteiger charge is 2.30. The molecule has 1 aromatic carbocycles. The van der Waals surface area contributed by atoms with Crippen molar-refractivity contribution in [1.29, 1.82) is 0 Å². The molecule has 5 nitrogen and oxygen atoms in total. The summed E-state index contributed by atoms with van der Waals surface area (Å²) in [6.45, 7) is 2.10. The number of nitrogens with zero attached hydrogens (tertiary/aromatic N) is 1. The molecule has 0 spiro atoms. The Labute approximate surface area is 118 Å². The molecule has 1 unspecified atom stereocenters. The largest absolute Gasteiger partial charge is 0.398 e. The first-order chi connectivity index (χ1) is 9.36. The van der Waals surface area contributed by atoms with Gasteiger partial charge in [-0.3, -0.25) is 0 Å². The van der Waals surface area contributed by atoms with Crippen molar-refractivity contribution in [3.8, 4) is 0 Å². The summed E-state index contributed by atoms with van der Waals surface area (Å²) in [5.74, 6) is -0.689. The number of hydrogen-bond donors (Lipinski definition) is 2. The number of nitrogen functional groups attached to an aromatic ring is 1. The topological polar surface area (TPSA) is 83.6 Å². The fourth-order valence-corrected chi connectivity index (χ4v) is 3.97. The van der Waals surface area contributed by atoms with E-state index in [1.54, 1.807) is 0 Å². The molecule has 0 saturated carbocycles. The van der Waals surface area contributed by atoms with Gasteiger partial charge in [0.1, 0.15) is 5.82 Å². The van der Waals surface area contributed by atoms with Gasteiger partial charge in [-0.1, -0.05) is 0 Å². The van der Waals surface area contributed by atoms with Crippen molar-refractivity contribution >= 4 is 15.7 Å². The molecule has 0 bridgehead atoms. The normalized spacial score (nSPS) is 21.1. The molecule has 112 valence electrons. The summed E-state index contributed by atoms with van der Waals surface area (Å²) in [4.78, 5) is -0.128. The Bertz CT molecular complexity index is 581. The van der Waals surface area contributed by atoms with Gasteiger partial charge in [0, 0.05) is 30.9 Å². The third-order valence-corrected chi connectivity index (χ3v) is 5.58. The number of halogens is 1. The molecule has 1 aliphatic rings. The standard InChI is InChI=1S/C13H19FN2O3S/c1-9-12(14)5-11(6-13(9)15)20(18,19)16-4-2-3-10(7-16)8-17/h5-6,10,17H,2-4,7-8,15H2,1H3. The van der Waals surface area contributed by atoms with Gasteiger partial charge in [-0.25, -0.2) is 12.8 Å². The van der Waals surface area contributed by atoms with Crippen LogP contribution in [-0.2, 0) is 10.0 Å². The molecule has 1 atom stereocenters. The predicted molar refractivity (Wildman–Crippen MR) is 74.1 cm³/mol. The van der Waals surface area contributed by atoms with Crippen LogP contribution < -0.4 is 5.73 Å². The van der Waals surface area contributed by atoms with E-state index in [1.165, 1.54) is 17.3 Å². The van der Waals surface area contributed by atoms with Gasteiger partial charge in [0.2, 0.25) is 10.0 Å². The van der Waals surface area contributed by atoms with E-state index in [4.69, 9.17) is 10.8 Å². The Morgan fingerprint density at radius 3 is 2.80 bits per heavy atom. The van der Waals surface area contributed by atoms with Crippen LogP contribution in [0.4, 0.5) is 10.1 Å². The average Bonchev–Trinajstić information content (AvgIpc) is 2.44. The lowest BCUT2D eigenvalue weighted by Gasteiger charge is -2.31. The van der Waals surface area contributed by atoms with Crippen molar-refractivity contribution in [2.24, 2.45) is 5.92 Å². The minimum absolute atomic E-state index is 0.0452. The number of sulfonamides is 1. The summed E-state index contributed by atoms with van der Waals surface area (Å²) in [5.41, 5.74) is 6.01. The fraction of sp³-hybridized carbons (Fsp3) is 0.538. The lowest BCUT2D eigenvalue weighted by Crippen LogP contribution is -2.40. The van der Waals surface area contributed by atoms with Crippen LogP contribution in [0, 0.1) is 18.7 Å². The van der Waals surface area contributed by atoms with E-state index in [9.17, 15) is 12.8 Å². The van der Waals surface area contributed by atoms with E-state index < -0.39 is 15.8 Å². The van der Waals surface area contributed by atoms with Crippen LogP contribution in [0.1, 0.15) is 18.4 Å². The molecule has 0 radical (unpaired) electrons. The molecule has 3 N–H and O–H groups in total. The van der Waals surface area contributed by atoms with Crippen LogP contribution >= 0.6 is 0 Å². The number of anilines is 1. The Kier molecular flexibility index (Phi) is 4.31. The number of piperidine rings is 1. The minimum Gasteiger partial charge on any atom is -0.398 e. The third-order valence-electron chi connectivity index (χ3n) is 3.74. The van der Waals surface area contributed by atoms with E-state index in [1.807, 2.05) is 0 Å². The van der Waals surface area contributed by atoms with Crippen molar-refractivity contribution in [2.45, 2.75) is 24.7 Å². The van der Waals surface area contributed by atoms with E-state index in [-0.39, 0.29) is 35.2 Å². The zero-order chi connectivity index (χ0) is 14.9. The maximum absolute atomic E-state index is 13.7. The van der Waals surface area contributed by atoms with E-state index in [0.29, 0.717) is 13.0 Å². The van der Waals surface area contributed by atoms with Gasteiger partial charge in [0.05, 0.1) is 4.90 Å². The third kappa shape index (κ3) is 2.79. The van der Waals surface area contributed by atoms with E-state index in [2.05, 4.69) is 0 Å². The van der Waals surface area contributed by atoms with Crippen LogP contribution in [-0.4, -0.2) is 37.5 Å². The maximum Gasteiger partial charge on any atom is 0.243 e. The Hall–Kier alpha value is -1.18. The molecule has 1 heterocycles. The average molecular weight is 302 g/mol. The molecule has 1 aliphatic heterocycles. The second kappa shape index (κ2) is 5.67. The predicted octanol–water partition coefficient (Wildman–Crippen LogP) is 1.11. The highest BCUT2D eigenvalue weighted by Crippen LogP contribution is 2.27. The summed E-state index contributed by atoms with van der Waals surface area (Å²) in [6, 6.07) is 2.29. The lowest BCUT2D eigenvalue weighted by atomic mass is 10.0. The van der Waals surface area contributed by atoms with E-state index >= 15 is 0 Å². The second-order valence-corrected chi connectivity index (χ2v) is 7.11. The number of aliphatic hydroxyl groups is 1. The molecule has 7 heteroatoms. The highest BCUT2D eigenvalue weighted by molar-refractivity contribution is 7.89. The summed E-state index contributed by atoms with van der Waals surface area (Å²) >= 11 is 0. The van der Waals surface area contributed by atoms with Gasteiger partial charge in [-0.15, -0.1) is 0 Å². The first-order valence-electron chi connectivity index (χ1n) is 6.53. The van der Waals surface area contributed by atoms with Crippen LogP contribution in [0.5, 0.6) is 0 Å². The molecule has 1 fully saturated rings. The monoisotopic (exact) mass is 302 g/mol. The van der Waals surface area contributed by atoms with Crippen molar-refractivity contribution in [3.05, 3.63) is 23.5 Å². The summed E-state index contributed by atoms with van der Waals surface area (Å²) in [5, 5.41) is 9.17. The maximum atomic E-state index is 13.7. The van der Waals surface area contributed by atoms with Gasteiger partial charge in [0.15, 0.2) is 0 Å². The first-order valence-corrected chi connectivity index (χ1v) is 7.97. The fourth-order valence-electron chi connectivity index (χ4n) is 2.37. The number of hydrogen-bond acceptors (Lipinski definition) is 4. The molecule has 1 saturated heterocycles. The molecular weight excluding hydrogens is 283 g/mol. The number of benzene rings is 1. The van der Waals surface area contributed by atoms with Gasteiger partial charge in [-0.05, 0) is 37.8 Å². The van der Waals surface area contributed by atoms with Crippen LogP contribution in [0.3, 0.4) is 0 Å². The Balaban J connectivity index is 2.35. The molecule has 0 amide bonds. The quantitative estimate of drug-likeness (QED) is 0.819.